The molecule has 0 atom stereocenters. The van der Waals surface area contributed by atoms with Crippen LogP contribution in [0.5, 0.6) is 0 Å². The Kier molecular flexibility index (Phi) is 2.51. The number of amides is 1. The number of aryl methyl sites for hydroxylation is 1. The molecule has 0 bridgehead atoms. The van der Waals surface area contributed by atoms with Gasteiger partial charge in [-0.2, -0.15) is 0 Å². The molecule has 0 N–H and O–H groups in total. The van der Waals surface area contributed by atoms with Crippen LogP contribution >= 0.6 is 0 Å². The van der Waals surface area contributed by atoms with Gasteiger partial charge >= 0.3 is 0 Å². The molecule has 1 saturated carbocycles. The summed E-state index contributed by atoms with van der Waals surface area (Å²) in [5.41, 5.74) is 5.99. The van der Waals surface area contributed by atoms with Crippen LogP contribution in [0.15, 0.2) is 42.7 Å². The van der Waals surface area contributed by atoms with Gasteiger partial charge in [0.2, 0.25) is 5.91 Å². The average molecular weight is 315 g/mol. The normalized spacial score (nSPS) is 17.6. The van der Waals surface area contributed by atoms with E-state index in [1.165, 1.54) is 5.56 Å². The van der Waals surface area contributed by atoms with Gasteiger partial charge in [0, 0.05) is 35.5 Å². The zero-order chi connectivity index (χ0) is 16.5. The highest BCUT2D eigenvalue weighted by atomic mass is 16.2. The van der Waals surface area contributed by atoms with Crippen LogP contribution in [0.3, 0.4) is 0 Å². The molecule has 3 heterocycles. The third-order valence-corrected chi connectivity index (χ3v) is 5.40. The smallest absolute Gasteiger partial charge is 0.237 e. The number of pyridine rings is 2. The molecule has 2 aromatic heterocycles. The zero-order valence-electron chi connectivity index (χ0n) is 13.7. The lowest BCUT2D eigenvalue weighted by Gasteiger charge is -2.11. The molecule has 0 unspecified atom stereocenters. The lowest BCUT2D eigenvalue weighted by Crippen LogP contribution is -2.28. The number of fused-ring (bicyclic) bond motifs is 4. The van der Waals surface area contributed by atoms with E-state index >= 15 is 0 Å². The SMILES string of the molecule is Cc1ccc(-c2ccc3ncc4c(c3c2)C2(CC2)C(=O)N4C)cn1. The highest BCUT2D eigenvalue weighted by molar-refractivity contribution is 6.14. The topological polar surface area (TPSA) is 46.1 Å². The zero-order valence-corrected chi connectivity index (χ0v) is 13.7. The van der Waals surface area contributed by atoms with Crippen LogP contribution in [0.4, 0.5) is 5.69 Å². The van der Waals surface area contributed by atoms with Crippen molar-refractivity contribution in [1.29, 1.82) is 0 Å². The molecule has 0 saturated heterocycles. The highest BCUT2D eigenvalue weighted by Crippen LogP contribution is 2.58. The van der Waals surface area contributed by atoms with E-state index in [2.05, 4.69) is 28.2 Å². The summed E-state index contributed by atoms with van der Waals surface area (Å²) in [7, 11) is 1.86. The quantitative estimate of drug-likeness (QED) is 0.689. The standard InChI is InChI=1S/C20H17N3O/c1-12-3-4-14(10-21-12)13-5-6-16-15(9-13)18-17(11-22-16)23(2)19(24)20(18)7-8-20/h3-6,9-11H,7-8H2,1-2H3. The molecule has 1 fully saturated rings. The fourth-order valence-electron chi connectivity index (χ4n) is 3.88. The van der Waals surface area contributed by atoms with Gasteiger partial charge in [-0.15, -0.1) is 0 Å². The number of hydrogen-bond acceptors (Lipinski definition) is 3. The number of carbonyl (C=O) groups is 1. The summed E-state index contributed by atoms with van der Waals surface area (Å²) in [4.78, 5) is 23.4. The second-order valence-corrected chi connectivity index (χ2v) is 6.88. The molecule has 1 aliphatic heterocycles. The molecule has 2 aliphatic rings. The highest BCUT2D eigenvalue weighted by Gasteiger charge is 2.59. The van der Waals surface area contributed by atoms with Crippen molar-refractivity contribution in [3.05, 3.63) is 54.0 Å². The van der Waals surface area contributed by atoms with E-state index in [4.69, 9.17) is 0 Å². The Balaban J connectivity index is 1.77. The molecule has 4 nitrogen and oxygen atoms in total. The van der Waals surface area contributed by atoms with E-state index in [0.717, 1.165) is 46.3 Å². The molecule has 1 amide bonds. The predicted molar refractivity (Wildman–Crippen MR) is 94.0 cm³/mol. The molecule has 1 aromatic carbocycles. The fourth-order valence-corrected chi connectivity index (χ4v) is 3.88. The number of nitrogens with zero attached hydrogens (tertiary/aromatic N) is 3. The minimum atomic E-state index is -0.296. The molecule has 24 heavy (non-hydrogen) atoms. The maximum atomic E-state index is 12.7. The number of benzene rings is 1. The van der Waals surface area contributed by atoms with E-state index in [-0.39, 0.29) is 11.3 Å². The number of likely N-dealkylation sites (N-methyl/N-ethyl adjacent to an activating group) is 1. The monoisotopic (exact) mass is 315 g/mol. The lowest BCUT2D eigenvalue weighted by molar-refractivity contribution is -0.119. The van der Waals surface area contributed by atoms with E-state index in [9.17, 15) is 4.79 Å². The summed E-state index contributed by atoms with van der Waals surface area (Å²) >= 11 is 0. The van der Waals surface area contributed by atoms with Gasteiger partial charge in [-0.25, -0.2) is 0 Å². The largest absolute Gasteiger partial charge is 0.313 e. The van der Waals surface area contributed by atoms with E-state index in [0.29, 0.717) is 0 Å². The summed E-state index contributed by atoms with van der Waals surface area (Å²) in [5, 5.41) is 1.10. The first kappa shape index (κ1) is 13.7. The van der Waals surface area contributed by atoms with E-state index in [1.54, 1.807) is 4.90 Å². The van der Waals surface area contributed by atoms with E-state index < -0.39 is 0 Å². The van der Waals surface area contributed by atoms with Crippen molar-refractivity contribution in [1.82, 2.24) is 9.97 Å². The Hall–Kier alpha value is -2.75. The van der Waals surface area contributed by atoms with Gasteiger partial charge in [0.15, 0.2) is 0 Å². The van der Waals surface area contributed by atoms with Crippen LogP contribution in [0, 0.1) is 6.92 Å². The Labute approximate surface area is 140 Å². The number of hydrogen-bond donors (Lipinski definition) is 0. The molecule has 3 aromatic rings. The second-order valence-electron chi connectivity index (χ2n) is 6.88. The first-order chi connectivity index (χ1) is 11.6. The Morgan fingerprint density at radius 1 is 1.04 bits per heavy atom. The van der Waals surface area contributed by atoms with Crippen molar-refractivity contribution in [2.75, 3.05) is 11.9 Å². The van der Waals surface area contributed by atoms with Crippen LogP contribution in [-0.4, -0.2) is 22.9 Å². The Morgan fingerprint density at radius 2 is 1.83 bits per heavy atom. The predicted octanol–water partition coefficient (Wildman–Crippen LogP) is 3.61. The summed E-state index contributed by atoms with van der Waals surface area (Å²) in [5.74, 6) is 0.217. The minimum Gasteiger partial charge on any atom is -0.313 e. The third kappa shape index (κ3) is 1.65. The number of carbonyl (C=O) groups excluding carboxylic acids is 1. The second kappa shape index (κ2) is 4.41. The van der Waals surface area contributed by atoms with Crippen LogP contribution in [-0.2, 0) is 10.2 Å². The minimum absolute atomic E-state index is 0.217. The third-order valence-electron chi connectivity index (χ3n) is 5.40. The first-order valence-electron chi connectivity index (χ1n) is 8.25. The molecular weight excluding hydrogens is 298 g/mol. The van der Waals surface area contributed by atoms with Gasteiger partial charge < -0.3 is 4.90 Å². The van der Waals surface area contributed by atoms with Crippen LogP contribution in [0.2, 0.25) is 0 Å². The lowest BCUT2D eigenvalue weighted by atomic mass is 9.92. The summed E-state index contributed by atoms with van der Waals surface area (Å²) in [6.45, 7) is 1.99. The number of anilines is 1. The molecule has 118 valence electrons. The van der Waals surface area contributed by atoms with Gasteiger partial charge in [-0.3, -0.25) is 14.8 Å². The summed E-state index contributed by atoms with van der Waals surface area (Å²) in [6, 6.07) is 10.4. The first-order valence-corrected chi connectivity index (χ1v) is 8.25. The molecular formula is C20H17N3O. The average Bonchev–Trinajstić information content (AvgIpc) is 3.37. The van der Waals surface area contributed by atoms with Gasteiger partial charge in [0.25, 0.3) is 0 Å². The van der Waals surface area contributed by atoms with Crippen LogP contribution in [0.25, 0.3) is 22.0 Å². The van der Waals surface area contributed by atoms with Crippen molar-refractivity contribution >= 4 is 22.5 Å². The van der Waals surface area contributed by atoms with E-state index in [1.807, 2.05) is 38.5 Å². The van der Waals surface area contributed by atoms with Crippen molar-refractivity contribution in [2.24, 2.45) is 0 Å². The fraction of sp³-hybridized carbons (Fsp3) is 0.250. The number of rotatable bonds is 1. The maximum absolute atomic E-state index is 12.7. The molecule has 0 radical (unpaired) electrons. The Morgan fingerprint density at radius 3 is 2.54 bits per heavy atom. The van der Waals surface area contributed by atoms with Crippen molar-refractivity contribution in [3.8, 4) is 11.1 Å². The Bertz CT molecular complexity index is 1000. The van der Waals surface area contributed by atoms with Gasteiger partial charge in [0.05, 0.1) is 22.8 Å². The van der Waals surface area contributed by atoms with Crippen molar-refractivity contribution in [3.63, 3.8) is 0 Å². The van der Waals surface area contributed by atoms with Gasteiger partial charge in [-0.1, -0.05) is 12.1 Å². The summed E-state index contributed by atoms with van der Waals surface area (Å²) < 4.78 is 0. The van der Waals surface area contributed by atoms with Crippen molar-refractivity contribution in [2.45, 2.75) is 25.2 Å². The van der Waals surface area contributed by atoms with Gasteiger partial charge in [-0.05, 0) is 43.5 Å². The number of aromatic nitrogens is 2. The molecule has 1 spiro atoms. The van der Waals surface area contributed by atoms with Crippen LogP contribution < -0.4 is 4.90 Å². The molecule has 5 rings (SSSR count). The van der Waals surface area contributed by atoms with Crippen LogP contribution in [0.1, 0.15) is 24.1 Å². The van der Waals surface area contributed by atoms with Crippen molar-refractivity contribution < 1.29 is 4.79 Å². The van der Waals surface area contributed by atoms with Gasteiger partial charge in [0.1, 0.15) is 0 Å². The maximum Gasteiger partial charge on any atom is 0.237 e. The molecule has 4 heteroatoms. The molecule has 1 aliphatic carbocycles. The summed E-state index contributed by atoms with van der Waals surface area (Å²) in [6.07, 6.45) is 5.63.